The molecule has 1 saturated heterocycles. The van der Waals surface area contributed by atoms with Crippen molar-refractivity contribution in [1.82, 2.24) is 34.9 Å². The molecule has 0 spiro atoms. The number of nitrogens with one attached hydrogen (secondary N) is 5. The van der Waals surface area contributed by atoms with E-state index in [0.717, 1.165) is 47.7 Å². The number of hydrogen-bond donors (Lipinski definition) is 5. The third kappa shape index (κ3) is 7.61. The van der Waals surface area contributed by atoms with Crippen molar-refractivity contribution in [3.05, 3.63) is 69.7 Å². The number of para-hydroxylation sites is 1. The van der Waals surface area contributed by atoms with Crippen LogP contribution in [-0.2, 0) is 28.5 Å². The fraction of sp³-hybridized carbons (Fsp3) is 0.378. The molecule has 0 radical (unpaired) electrons. The van der Waals surface area contributed by atoms with Crippen molar-refractivity contribution in [3.63, 3.8) is 0 Å². The van der Waals surface area contributed by atoms with Crippen molar-refractivity contribution in [2.45, 2.75) is 50.5 Å². The molecule has 15 nitrogen and oxygen atoms in total. The number of carbonyl (C=O) groups is 3. The average molecular weight is 741 g/mol. The Morgan fingerprint density at radius 3 is 2.64 bits per heavy atom. The normalized spacial score (nSPS) is 18.8. The van der Waals surface area contributed by atoms with E-state index in [9.17, 15) is 19.2 Å². The van der Waals surface area contributed by atoms with E-state index in [1.807, 2.05) is 42.1 Å². The second-order valence-corrected chi connectivity index (χ2v) is 14.0. The SMILES string of the molecule is CNC(=O)COc1cc2cc(Nc3nc(NCC4CCC(Nc5cccc6c(C7CCC(=O)NC7=O)nn(C)c56)CC4)ncc3Cl)ccc2n(C)c1=O. The summed E-state index contributed by atoms with van der Waals surface area (Å²) >= 11 is 6.49. The van der Waals surface area contributed by atoms with Gasteiger partial charge in [-0.1, -0.05) is 23.7 Å². The van der Waals surface area contributed by atoms with Crippen LogP contribution in [0.4, 0.5) is 23.1 Å². The monoisotopic (exact) mass is 740 g/mol. The third-order valence-electron chi connectivity index (χ3n) is 10.1. The van der Waals surface area contributed by atoms with E-state index in [0.29, 0.717) is 59.0 Å². The Morgan fingerprint density at radius 1 is 1.06 bits per heavy atom. The van der Waals surface area contributed by atoms with E-state index in [1.54, 1.807) is 19.3 Å². The van der Waals surface area contributed by atoms with Gasteiger partial charge in [0.25, 0.3) is 11.5 Å². The number of fused-ring (bicyclic) bond motifs is 2. The molecule has 2 aliphatic rings. The van der Waals surface area contributed by atoms with Gasteiger partial charge in [0.15, 0.2) is 18.2 Å². The second-order valence-electron chi connectivity index (χ2n) is 13.6. The largest absolute Gasteiger partial charge is 0.478 e. The highest BCUT2D eigenvalue weighted by Crippen LogP contribution is 2.35. The summed E-state index contributed by atoms with van der Waals surface area (Å²) in [4.78, 5) is 57.8. The summed E-state index contributed by atoms with van der Waals surface area (Å²) in [6, 6.07) is 13.4. The Hall–Kier alpha value is -5.70. The van der Waals surface area contributed by atoms with Crippen LogP contribution in [0.1, 0.15) is 50.1 Å². The molecule has 3 amide bonds. The van der Waals surface area contributed by atoms with Crippen LogP contribution >= 0.6 is 11.6 Å². The maximum Gasteiger partial charge on any atom is 0.293 e. The molecule has 1 aliphatic heterocycles. The van der Waals surface area contributed by atoms with Crippen LogP contribution in [0.2, 0.25) is 5.02 Å². The Balaban J connectivity index is 0.960. The maximum atomic E-state index is 12.7. The Kier molecular flexibility index (Phi) is 10.2. The highest BCUT2D eigenvalue weighted by molar-refractivity contribution is 6.33. The second kappa shape index (κ2) is 15.1. The van der Waals surface area contributed by atoms with Gasteiger partial charge in [-0.3, -0.25) is 29.2 Å². The summed E-state index contributed by atoms with van der Waals surface area (Å²) < 4.78 is 8.79. The number of rotatable bonds is 11. The Labute approximate surface area is 309 Å². The van der Waals surface area contributed by atoms with Gasteiger partial charge >= 0.3 is 0 Å². The minimum atomic E-state index is -0.445. The molecule has 1 unspecified atom stereocenters. The van der Waals surface area contributed by atoms with E-state index < -0.39 is 5.92 Å². The quantitative estimate of drug-likeness (QED) is 0.121. The molecular formula is C37H41ClN10O5. The summed E-state index contributed by atoms with van der Waals surface area (Å²) in [5, 5.41) is 22.0. The van der Waals surface area contributed by atoms with Crippen molar-refractivity contribution in [2.75, 3.05) is 36.1 Å². The molecule has 5 aromatic rings. The van der Waals surface area contributed by atoms with E-state index in [-0.39, 0.29) is 41.7 Å². The lowest BCUT2D eigenvalue weighted by Crippen LogP contribution is -2.39. The molecule has 5 N–H and O–H groups in total. The molecule has 4 heterocycles. The molecule has 1 atom stereocenters. The number of anilines is 4. The standard InChI is InChI=1S/C37H41ClN10O5/c1-39-31(50)19-53-29-16-21-15-23(11-13-28(21)47(2)36(29)52)43-34-26(38)18-41-37(45-34)40-17-20-7-9-22(10-8-20)42-27-6-4-5-24-32(46-48(3)33(24)27)25-12-14-30(49)44-35(25)51/h4-6,11,13,15-16,18,20,22,25,42H,7-10,12,14,17,19H2,1-3H3,(H,39,50)(H,44,49,51)(H2,40,41,43,45). The van der Waals surface area contributed by atoms with Crippen molar-refractivity contribution in [3.8, 4) is 5.75 Å². The molecule has 2 aromatic carbocycles. The number of pyridine rings is 1. The van der Waals surface area contributed by atoms with Gasteiger partial charge in [-0.25, -0.2) is 4.98 Å². The van der Waals surface area contributed by atoms with E-state index in [2.05, 4.69) is 42.6 Å². The lowest BCUT2D eigenvalue weighted by molar-refractivity contribution is -0.134. The molecule has 0 bridgehead atoms. The molecule has 1 saturated carbocycles. The van der Waals surface area contributed by atoms with Crippen molar-refractivity contribution in [1.29, 1.82) is 0 Å². The molecule has 53 heavy (non-hydrogen) atoms. The first-order valence-electron chi connectivity index (χ1n) is 17.6. The number of imide groups is 1. The number of benzene rings is 2. The number of ether oxygens (including phenoxy) is 1. The van der Waals surface area contributed by atoms with Crippen LogP contribution in [0.5, 0.6) is 5.75 Å². The van der Waals surface area contributed by atoms with Crippen molar-refractivity contribution >= 4 is 74.3 Å². The molecule has 1 aliphatic carbocycles. The minimum absolute atomic E-state index is 0.0727. The predicted molar refractivity (Wildman–Crippen MR) is 203 cm³/mol. The predicted octanol–water partition coefficient (Wildman–Crippen LogP) is 4.34. The lowest BCUT2D eigenvalue weighted by Gasteiger charge is -2.30. The van der Waals surface area contributed by atoms with Crippen molar-refractivity contribution in [2.24, 2.45) is 20.0 Å². The molecule has 16 heteroatoms. The van der Waals surface area contributed by atoms with E-state index in [4.69, 9.17) is 21.4 Å². The smallest absolute Gasteiger partial charge is 0.293 e. The summed E-state index contributed by atoms with van der Waals surface area (Å²) in [5.41, 5.74) is 3.69. The number of carbonyl (C=O) groups excluding carboxylic acids is 3. The maximum absolute atomic E-state index is 12.7. The van der Waals surface area contributed by atoms with Crippen LogP contribution in [0.3, 0.4) is 0 Å². The zero-order valence-corrected chi connectivity index (χ0v) is 30.4. The molecule has 3 aromatic heterocycles. The van der Waals surface area contributed by atoms with Crippen LogP contribution in [0.15, 0.2) is 53.5 Å². The Bertz CT molecular complexity index is 2280. The van der Waals surface area contributed by atoms with Crippen LogP contribution in [0, 0.1) is 5.92 Å². The van der Waals surface area contributed by atoms with Gasteiger partial charge in [0.05, 0.1) is 34.5 Å². The number of amides is 3. The van der Waals surface area contributed by atoms with Gasteiger partial charge in [0.2, 0.25) is 17.8 Å². The summed E-state index contributed by atoms with van der Waals surface area (Å²) in [6.45, 7) is 0.447. The van der Waals surface area contributed by atoms with E-state index in [1.165, 1.54) is 11.6 Å². The zero-order valence-electron chi connectivity index (χ0n) is 29.7. The fourth-order valence-electron chi connectivity index (χ4n) is 7.19. The topological polar surface area (TPSA) is 186 Å². The Morgan fingerprint density at radius 2 is 1.87 bits per heavy atom. The number of aromatic nitrogens is 5. The fourth-order valence-corrected chi connectivity index (χ4v) is 7.32. The molecule has 2 fully saturated rings. The van der Waals surface area contributed by atoms with E-state index >= 15 is 0 Å². The first-order chi connectivity index (χ1) is 25.6. The van der Waals surface area contributed by atoms with Gasteiger partial charge in [-0.05, 0) is 68.4 Å². The summed E-state index contributed by atoms with van der Waals surface area (Å²) in [5.74, 6) is 0.0894. The highest BCUT2D eigenvalue weighted by Gasteiger charge is 2.32. The molecular weight excluding hydrogens is 700 g/mol. The number of halogens is 1. The number of piperidine rings is 1. The minimum Gasteiger partial charge on any atom is -0.478 e. The number of hydrogen-bond acceptors (Lipinski definition) is 11. The third-order valence-corrected chi connectivity index (χ3v) is 10.3. The van der Waals surface area contributed by atoms with Crippen molar-refractivity contribution < 1.29 is 19.1 Å². The highest BCUT2D eigenvalue weighted by atomic mass is 35.5. The van der Waals surface area contributed by atoms with Crippen LogP contribution < -0.4 is 36.9 Å². The van der Waals surface area contributed by atoms with Crippen LogP contribution in [-0.4, -0.2) is 68.3 Å². The zero-order chi connectivity index (χ0) is 37.2. The van der Waals surface area contributed by atoms with Gasteiger partial charge in [-0.2, -0.15) is 10.1 Å². The number of aryl methyl sites for hydroxylation is 2. The average Bonchev–Trinajstić information content (AvgIpc) is 3.49. The van der Waals surface area contributed by atoms with Gasteiger partial charge in [0, 0.05) is 56.6 Å². The summed E-state index contributed by atoms with van der Waals surface area (Å²) in [6.07, 6.45) is 6.33. The van der Waals surface area contributed by atoms with Gasteiger partial charge in [0.1, 0.15) is 5.02 Å². The molecule has 276 valence electrons. The number of nitrogens with zero attached hydrogens (tertiary/aromatic N) is 5. The lowest BCUT2D eigenvalue weighted by atomic mass is 9.86. The van der Waals surface area contributed by atoms with Gasteiger partial charge < -0.3 is 30.6 Å². The first-order valence-corrected chi connectivity index (χ1v) is 18.0. The van der Waals surface area contributed by atoms with Gasteiger partial charge in [-0.15, -0.1) is 0 Å². The summed E-state index contributed by atoms with van der Waals surface area (Å²) in [7, 11) is 5.04. The molecule has 7 rings (SSSR count). The van der Waals surface area contributed by atoms with Crippen LogP contribution in [0.25, 0.3) is 21.8 Å². The number of likely N-dealkylation sites (N-methyl/N-ethyl adjacent to an activating group) is 1. The first kappa shape index (κ1) is 35.7.